The van der Waals surface area contributed by atoms with Gasteiger partial charge in [0.2, 0.25) is 0 Å². The Balaban J connectivity index is 1.74. The number of aliphatic hydroxyl groups is 1. The van der Waals surface area contributed by atoms with Crippen molar-refractivity contribution in [3.05, 3.63) is 38.9 Å². The average molecular weight is 347 g/mol. The lowest BCUT2D eigenvalue weighted by Crippen LogP contribution is -2.37. The second-order valence-corrected chi connectivity index (χ2v) is 6.26. The van der Waals surface area contributed by atoms with Crippen molar-refractivity contribution < 1.29 is 10.0 Å². The number of hydrogen-bond donors (Lipinski definition) is 3. The van der Waals surface area contributed by atoms with E-state index >= 15 is 0 Å². The van der Waals surface area contributed by atoms with Gasteiger partial charge in [0, 0.05) is 19.2 Å². The van der Waals surface area contributed by atoms with Gasteiger partial charge in [-0.3, -0.25) is 14.9 Å². The van der Waals surface area contributed by atoms with Crippen molar-refractivity contribution in [3.8, 4) is 0 Å². The summed E-state index contributed by atoms with van der Waals surface area (Å²) in [6.07, 6.45) is 3.25. The molecule has 0 aliphatic carbocycles. The third-order valence-corrected chi connectivity index (χ3v) is 4.66. The van der Waals surface area contributed by atoms with E-state index in [2.05, 4.69) is 20.2 Å². The van der Waals surface area contributed by atoms with Gasteiger partial charge in [-0.2, -0.15) is 0 Å². The molecule has 134 valence electrons. The van der Waals surface area contributed by atoms with Crippen molar-refractivity contribution in [2.75, 3.05) is 38.1 Å². The number of hydrogen-bond acceptors (Lipinski definition) is 7. The van der Waals surface area contributed by atoms with E-state index in [0.717, 1.165) is 25.9 Å². The molecule has 1 aliphatic rings. The molecule has 0 amide bonds. The number of aromatic nitrogens is 2. The lowest BCUT2D eigenvalue weighted by atomic mass is 9.96. The number of nitro groups is 1. The number of piperidine rings is 1. The molecule has 2 aromatic rings. The fraction of sp³-hybridized carbons (Fsp3) is 0.500. The van der Waals surface area contributed by atoms with Gasteiger partial charge in [0.25, 0.3) is 11.2 Å². The van der Waals surface area contributed by atoms with Crippen molar-refractivity contribution >= 4 is 22.3 Å². The predicted octanol–water partition coefficient (Wildman–Crippen LogP) is 0.947. The van der Waals surface area contributed by atoms with E-state index in [9.17, 15) is 14.9 Å². The molecule has 1 aromatic carbocycles. The number of nitrogens with one attached hydrogen (secondary N) is 2. The lowest BCUT2D eigenvalue weighted by Gasteiger charge is -2.31. The molecule has 1 fully saturated rings. The molecule has 0 saturated carbocycles. The minimum atomic E-state index is -0.488. The Morgan fingerprint density at radius 1 is 1.40 bits per heavy atom. The zero-order valence-electron chi connectivity index (χ0n) is 13.8. The fourth-order valence-corrected chi connectivity index (χ4v) is 3.21. The first-order chi connectivity index (χ1) is 12.1. The van der Waals surface area contributed by atoms with Crippen LogP contribution in [-0.4, -0.2) is 57.7 Å². The Bertz CT molecular complexity index is 814. The van der Waals surface area contributed by atoms with Crippen LogP contribution < -0.4 is 10.9 Å². The van der Waals surface area contributed by atoms with Gasteiger partial charge in [-0.25, -0.2) is 4.98 Å². The molecule has 2 heterocycles. The quantitative estimate of drug-likeness (QED) is 0.525. The van der Waals surface area contributed by atoms with E-state index in [1.165, 1.54) is 12.4 Å². The molecule has 0 atom stereocenters. The first-order valence-corrected chi connectivity index (χ1v) is 8.31. The molecule has 1 aliphatic heterocycles. The number of H-pyrrole nitrogens is 1. The van der Waals surface area contributed by atoms with Gasteiger partial charge in [0.1, 0.15) is 5.69 Å². The molecule has 0 bridgehead atoms. The summed E-state index contributed by atoms with van der Waals surface area (Å²) in [4.78, 5) is 31.4. The van der Waals surface area contributed by atoms with Crippen LogP contribution in [0.2, 0.25) is 0 Å². The van der Waals surface area contributed by atoms with Gasteiger partial charge < -0.3 is 20.3 Å². The van der Waals surface area contributed by atoms with Gasteiger partial charge in [-0.15, -0.1) is 0 Å². The molecule has 0 spiro atoms. The number of nitrogens with zero attached hydrogens (tertiary/aromatic N) is 3. The van der Waals surface area contributed by atoms with Gasteiger partial charge >= 0.3 is 0 Å². The number of nitro benzene ring substituents is 1. The third kappa shape index (κ3) is 3.94. The topological polar surface area (TPSA) is 124 Å². The van der Waals surface area contributed by atoms with E-state index in [-0.39, 0.29) is 17.7 Å². The van der Waals surface area contributed by atoms with Crippen LogP contribution >= 0.6 is 0 Å². The number of anilines is 1. The van der Waals surface area contributed by atoms with E-state index in [1.807, 2.05) is 0 Å². The number of aromatic amines is 1. The first kappa shape index (κ1) is 17.3. The van der Waals surface area contributed by atoms with Crippen molar-refractivity contribution in [1.29, 1.82) is 0 Å². The van der Waals surface area contributed by atoms with E-state index in [0.29, 0.717) is 30.2 Å². The molecular formula is C16H21N5O4. The highest BCUT2D eigenvalue weighted by atomic mass is 16.6. The molecule has 0 radical (unpaired) electrons. The second kappa shape index (κ2) is 7.58. The largest absolute Gasteiger partial charge is 0.395 e. The summed E-state index contributed by atoms with van der Waals surface area (Å²) in [6, 6.07) is 2.83. The van der Waals surface area contributed by atoms with Crippen molar-refractivity contribution in [2.45, 2.75) is 12.8 Å². The Kier molecular flexibility index (Phi) is 5.25. The van der Waals surface area contributed by atoms with Gasteiger partial charge in [-0.05, 0) is 37.9 Å². The molecule has 9 nitrogen and oxygen atoms in total. The Labute approximate surface area is 143 Å². The summed E-state index contributed by atoms with van der Waals surface area (Å²) >= 11 is 0. The van der Waals surface area contributed by atoms with Gasteiger partial charge in [0.15, 0.2) is 0 Å². The fourth-order valence-electron chi connectivity index (χ4n) is 3.21. The molecule has 3 N–H and O–H groups in total. The zero-order valence-corrected chi connectivity index (χ0v) is 13.8. The second-order valence-electron chi connectivity index (χ2n) is 6.26. The molecule has 1 saturated heterocycles. The molecule has 9 heteroatoms. The Morgan fingerprint density at radius 2 is 2.16 bits per heavy atom. The summed E-state index contributed by atoms with van der Waals surface area (Å²) in [6.45, 7) is 3.32. The van der Waals surface area contributed by atoms with Crippen LogP contribution in [0.15, 0.2) is 23.3 Å². The molecule has 3 rings (SSSR count). The maximum absolute atomic E-state index is 11.8. The molecule has 25 heavy (non-hydrogen) atoms. The summed E-state index contributed by atoms with van der Waals surface area (Å²) in [5.41, 5.74) is 0.294. The number of fused-ring (bicyclic) bond motifs is 1. The Hall–Kier alpha value is -2.52. The van der Waals surface area contributed by atoms with Gasteiger partial charge in [0.05, 0.1) is 28.8 Å². The van der Waals surface area contributed by atoms with Crippen LogP contribution in [0.1, 0.15) is 12.8 Å². The van der Waals surface area contributed by atoms with Crippen molar-refractivity contribution in [3.63, 3.8) is 0 Å². The van der Waals surface area contributed by atoms with Crippen LogP contribution in [0, 0.1) is 16.0 Å². The smallest absolute Gasteiger partial charge is 0.293 e. The van der Waals surface area contributed by atoms with E-state index < -0.39 is 10.5 Å². The van der Waals surface area contributed by atoms with Crippen molar-refractivity contribution in [1.82, 2.24) is 14.9 Å². The maximum atomic E-state index is 11.8. The summed E-state index contributed by atoms with van der Waals surface area (Å²) in [5, 5.41) is 23.7. The average Bonchev–Trinajstić information content (AvgIpc) is 2.61. The minimum absolute atomic E-state index is 0.122. The molecular weight excluding hydrogens is 326 g/mol. The highest BCUT2D eigenvalue weighted by molar-refractivity contribution is 5.86. The number of β-amino-alcohol motifs (C(OH)–C–C–N with tert-alkyl or cyclic N) is 1. The van der Waals surface area contributed by atoms with Crippen LogP contribution in [-0.2, 0) is 0 Å². The number of likely N-dealkylation sites (tertiary alicyclic amines) is 1. The maximum Gasteiger partial charge on any atom is 0.293 e. The monoisotopic (exact) mass is 347 g/mol. The standard InChI is InChI=1S/C16H21N5O4/c22-6-5-20-3-1-11(2-4-20)9-17-14-8-13-12(7-15(14)21(24)25)16(23)19-10-18-13/h7-8,10-11,17,22H,1-6,9H2,(H,18,19,23). The minimum Gasteiger partial charge on any atom is -0.395 e. The van der Waals surface area contributed by atoms with E-state index in [4.69, 9.17) is 5.11 Å². The van der Waals surface area contributed by atoms with Crippen molar-refractivity contribution in [2.24, 2.45) is 5.92 Å². The first-order valence-electron chi connectivity index (χ1n) is 8.31. The normalized spacial score (nSPS) is 16.2. The molecule has 0 unspecified atom stereocenters. The highest BCUT2D eigenvalue weighted by Gasteiger charge is 2.21. The van der Waals surface area contributed by atoms with Crippen LogP contribution in [0.3, 0.4) is 0 Å². The van der Waals surface area contributed by atoms with Crippen LogP contribution in [0.4, 0.5) is 11.4 Å². The number of aliphatic hydroxyl groups excluding tert-OH is 1. The molecule has 1 aromatic heterocycles. The highest BCUT2D eigenvalue weighted by Crippen LogP contribution is 2.29. The van der Waals surface area contributed by atoms with Crippen LogP contribution in [0.25, 0.3) is 10.9 Å². The van der Waals surface area contributed by atoms with Gasteiger partial charge in [-0.1, -0.05) is 0 Å². The summed E-state index contributed by atoms with van der Waals surface area (Å²) in [7, 11) is 0. The number of rotatable bonds is 6. The van der Waals surface area contributed by atoms with E-state index in [1.54, 1.807) is 6.07 Å². The Morgan fingerprint density at radius 3 is 2.84 bits per heavy atom. The lowest BCUT2D eigenvalue weighted by molar-refractivity contribution is -0.383. The third-order valence-electron chi connectivity index (χ3n) is 4.66. The predicted molar refractivity (Wildman–Crippen MR) is 93.8 cm³/mol. The summed E-state index contributed by atoms with van der Waals surface area (Å²) < 4.78 is 0. The summed E-state index contributed by atoms with van der Waals surface area (Å²) in [5.74, 6) is 0.414. The zero-order chi connectivity index (χ0) is 17.8. The van der Waals surface area contributed by atoms with Crippen LogP contribution in [0.5, 0.6) is 0 Å². The number of benzene rings is 1. The SMILES string of the molecule is O=c1[nH]cnc2cc(NCC3CCN(CCO)CC3)c([N+](=O)[O-])cc12.